The largest absolute Gasteiger partial charge is 0.491 e. The van der Waals surface area contributed by atoms with Crippen LogP contribution in [0.3, 0.4) is 0 Å². The fraction of sp³-hybridized carbons (Fsp3) is 0.176. The van der Waals surface area contributed by atoms with Gasteiger partial charge in [0.25, 0.3) is 5.91 Å². The molecule has 1 heterocycles. The Hall–Kier alpha value is -2.40. The Morgan fingerprint density at radius 3 is 2.77 bits per heavy atom. The van der Waals surface area contributed by atoms with E-state index in [-0.39, 0.29) is 12.0 Å². The molecule has 0 aliphatic heterocycles. The highest BCUT2D eigenvalue weighted by atomic mass is 32.1. The fourth-order valence-corrected chi connectivity index (χ4v) is 2.94. The Kier molecular flexibility index (Phi) is 4.06. The number of nitrogens with one attached hydrogen (secondary N) is 1. The predicted octanol–water partition coefficient (Wildman–Crippen LogP) is 4.34. The molecule has 0 aliphatic rings. The van der Waals surface area contributed by atoms with Crippen molar-refractivity contribution in [3.63, 3.8) is 0 Å². The zero-order valence-corrected chi connectivity index (χ0v) is 13.2. The van der Waals surface area contributed by atoms with Crippen LogP contribution in [-0.4, -0.2) is 17.0 Å². The number of hydrogen-bond acceptors (Lipinski definition) is 4. The van der Waals surface area contributed by atoms with Gasteiger partial charge >= 0.3 is 0 Å². The summed E-state index contributed by atoms with van der Waals surface area (Å²) in [4.78, 5) is 16.7. The number of carbonyl (C=O) groups excluding carboxylic acids is 1. The number of carbonyl (C=O) groups is 1. The zero-order chi connectivity index (χ0) is 15.5. The van der Waals surface area contributed by atoms with Gasteiger partial charge in [-0.25, -0.2) is 4.98 Å². The maximum absolute atomic E-state index is 12.3. The molecule has 0 bridgehead atoms. The number of aromatic nitrogens is 1. The SMILES string of the molecule is CC(C)Oc1cccc(C(=O)Nc2nc3ccccc3s2)c1. The van der Waals surface area contributed by atoms with Crippen LogP contribution in [0.5, 0.6) is 5.75 Å². The zero-order valence-electron chi connectivity index (χ0n) is 12.4. The minimum absolute atomic E-state index is 0.0718. The molecular weight excluding hydrogens is 296 g/mol. The first-order valence-electron chi connectivity index (χ1n) is 7.05. The lowest BCUT2D eigenvalue weighted by molar-refractivity contribution is 0.102. The quantitative estimate of drug-likeness (QED) is 0.780. The maximum Gasteiger partial charge on any atom is 0.257 e. The summed E-state index contributed by atoms with van der Waals surface area (Å²) in [6, 6.07) is 15.0. The monoisotopic (exact) mass is 312 g/mol. The third-order valence-electron chi connectivity index (χ3n) is 2.98. The van der Waals surface area contributed by atoms with E-state index < -0.39 is 0 Å². The number of rotatable bonds is 4. The number of anilines is 1. The summed E-state index contributed by atoms with van der Waals surface area (Å²) in [5.74, 6) is 0.500. The molecule has 0 spiro atoms. The molecule has 3 aromatic rings. The second-order valence-electron chi connectivity index (χ2n) is 5.14. The van der Waals surface area contributed by atoms with Crippen LogP contribution in [0.4, 0.5) is 5.13 Å². The van der Waals surface area contributed by atoms with Crippen molar-refractivity contribution in [2.45, 2.75) is 20.0 Å². The number of amides is 1. The summed E-state index contributed by atoms with van der Waals surface area (Å²) in [7, 11) is 0. The summed E-state index contributed by atoms with van der Waals surface area (Å²) >= 11 is 1.46. The minimum Gasteiger partial charge on any atom is -0.491 e. The molecule has 0 saturated carbocycles. The van der Waals surface area contributed by atoms with Crippen molar-refractivity contribution in [3.05, 3.63) is 54.1 Å². The van der Waals surface area contributed by atoms with Crippen LogP contribution in [0.15, 0.2) is 48.5 Å². The van der Waals surface area contributed by atoms with E-state index in [0.717, 1.165) is 10.2 Å². The van der Waals surface area contributed by atoms with Gasteiger partial charge in [0.1, 0.15) is 5.75 Å². The minimum atomic E-state index is -0.187. The molecule has 0 fully saturated rings. The van der Waals surface area contributed by atoms with Gasteiger partial charge in [0.2, 0.25) is 0 Å². The molecular formula is C17H16N2O2S. The Morgan fingerprint density at radius 1 is 1.18 bits per heavy atom. The fourth-order valence-electron chi connectivity index (χ4n) is 2.08. The first-order chi connectivity index (χ1) is 10.6. The molecule has 4 nitrogen and oxygen atoms in total. The lowest BCUT2D eigenvalue weighted by Gasteiger charge is -2.10. The lowest BCUT2D eigenvalue weighted by Crippen LogP contribution is -2.12. The molecule has 0 aliphatic carbocycles. The molecule has 22 heavy (non-hydrogen) atoms. The predicted molar refractivity (Wildman–Crippen MR) is 89.8 cm³/mol. The molecule has 0 radical (unpaired) electrons. The number of nitrogens with zero attached hydrogens (tertiary/aromatic N) is 1. The number of benzene rings is 2. The van der Waals surface area contributed by atoms with Crippen LogP contribution in [0, 0.1) is 0 Å². The number of para-hydroxylation sites is 1. The van der Waals surface area contributed by atoms with E-state index >= 15 is 0 Å². The number of thiazole rings is 1. The van der Waals surface area contributed by atoms with E-state index in [1.54, 1.807) is 12.1 Å². The van der Waals surface area contributed by atoms with Crippen LogP contribution >= 0.6 is 11.3 Å². The normalized spacial score (nSPS) is 10.9. The van der Waals surface area contributed by atoms with Crippen molar-refractivity contribution in [1.82, 2.24) is 4.98 Å². The first kappa shape index (κ1) is 14.5. The van der Waals surface area contributed by atoms with Crippen molar-refractivity contribution in [1.29, 1.82) is 0 Å². The third-order valence-corrected chi connectivity index (χ3v) is 3.93. The smallest absolute Gasteiger partial charge is 0.257 e. The average molecular weight is 312 g/mol. The summed E-state index contributed by atoms with van der Waals surface area (Å²) in [6.07, 6.45) is 0.0718. The molecule has 3 rings (SSSR count). The Bertz CT molecular complexity index is 778. The van der Waals surface area contributed by atoms with Crippen LogP contribution in [-0.2, 0) is 0 Å². The topological polar surface area (TPSA) is 51.2 Å². The van der Waals surface area contributed by atoms with Gasteiger partial charge in [-0.15, -0.1) is 0 Å². The third kappa shape index (κ3) is 3.26. The standard InChI is InChI=1S/C17H16N2O2S/c1-11(2)21-13-7-5-6-12(10-13)16(20)19-17-18-14-8-3-4-9-15(14)22-17/h3-11H,1-2H3,(H,18,19,20). The van der Waals surface area contributed by atoms with Gasteiger partial charge in [-0.3, -0.25) is 10.1 Å². The van der Waals surface area contributed by atoms with E-state index in [1.807, 2.05) is 50.2 Å². The molecule has 5 heteroatoms. The molecule has 1 amide bonds. The number of ether oxygens (including phenoxy) is 1. The molecule has 1 N–H and O–H groups in total. The summed E-state index contributed by atoms with van der Waals surface area (Å²) in [5, 5.41) is 3.44. The molecule has 112 valence electrons. The molecule has 1 aromatic heterocycles. The Labute approximate surface area is 132 Å². The second kappa shape index (κ2) is 6.15. The summed E-state index contributed by atoms with van der Waals surface area (Å²) in [5.41, 5.74) is 1.44. The van der Waals surface area contributed by atoms with Crippen LogP contribution < -0.4 is 10.1 Å². The number of hydrogen-bond donors (Lipinski definition) is 1. The van der Waals surface area contributed by atoms with Gasteiger partial charge in [0.05, 0.1) is 16.3 Å². The van der Waals surface area contributed by atoms with Crippen molar-refractivity contribution >= 4 is 32.6 Å². The van der Waals surface area contributed by atoms with E-state index in [9.17, 15) is 4.79 Å². The molecule has 2 aromatic carbocycles. The van der Waals surface area contributed by atoms with E-state index in [2.05, 4.69) is 10.3 Å². The van der Waals surface area contributed by atoms with E-state index in [4.69, 9.17) is 4.74 Å². The van der Waals surface area contributed by atoms with Crippen molar-refractivity contribution in [3.8, 4) is 5.75 Å². The van der Waals surface area contributed by atoms with Crippen LogP contribution in [0.1, 0.15) is 24.2 Å². The summed E-state index contributed by atoms with van der Waals surface area (Å²) < 4.78 is 6.66. The van der Waals surface area contributed by atoms with Crippen LogP contribution in [0.25, 0.3) is 10.2 Å². The highest BCUT2D eigenvalue weighted by Crippen LogP contribution is 2.26. The van der Waals surface area contributed by atoms with Crippen molar-refractivity contribution in [2.24, 2.45) is 0 Å². The second-order valence-corrected chi connectivity index (χ2v) is 6.17. The maximum atomic E-state index is 12.3. The van der Waals surface area contributed by atoms with Crippen molar-refractivity contribution < 1.29 is 9.53 Å². The Morgan fingerprint density at radius 2 is 2.00 bits per heavy atom. The van der Waals surface area contributed by atoms with Gasteiger partial charge < -0.3 is 4.74 Å². The average Bonchev–Trinajstić information content (AvgIpc) is 2.89. The van der Waals surface area contributed by atoms with Crippen LogP contribution in [0.2, 0.25) is 0 Å². The molecule has 0 saturated heterocycles. The first-order valence-corrected chi connectivity index (χ1v) is 7.87. The van der Waals surface area contributed by atoms with Gasteiger partial charge in [-0.2, -0.15) is 0 Å². The van der Waals surface area contributed by atoms with Gasteiger partial charge in [-0.05, 0) is 44.2 Å². The van der Waals surface area contributed by atoms with Gasteiger partial charge in [0.15, 0.2) is 5.13 Å². The molecule has 0 unspecified atom stereocenters. The van der Waals surface area contributed by atoms with E-state index in [0.29, 0.717) is 16.4 Å². The van der Waals surface area contributed by atoms with Crippen molar-refractivity contribution in [2.75, 3.05) is 5.32 Å². The van der Waals surface area contributed by atoms with E-state index in [1.165, 1.54) is 11.3 Å². The highest BCUT2D eigenvalue weighted by Gasteiger charge is 2.11. The number of fused-ring (bicyclic) bond motifs is 1. The lowest BCUT2D eigenvalue weighted by atomic mass is 10.2. The highest BCUT2D eigenvalue weighted by molar-refractivity contribution is 7.22. The van der Waals surface area contributed by atoms with Gasteiger partial charge in [-0.1, -0.05) is 29.5 Å². The molecule has 0 atom stereocenters. The van der Waals surface area contributed by atoms with Gasteiger partial charge in [0, 0.05) is 5.56 Å². The Balaban J connectivity index is 1.79. The summed E-state index contributed by atoms with van der Waals surface area (Å²) in [6.45, 7) is 3.90.